The number of hydrazine groups is 1. The maximum Gasteiger partial charge on any atom is 0.191 e. The van der Waals surface area contributed by atoms with E-state index in [1.54, 1.807) is 18.2 Å². The minimum absolute atomic E-state index is 0.245. The Hall–Kier alpha value is -1.86. The summed E-state index contributed by atoms with van der Waals surface area (Å²) in [6.07, 6.45) is 1.89. The minimum Gasteiger partial charge on any atom is -0.366 e. The summed E-state index contributed by atoms with van der Waals surface area (Å²) < 4.78 is 12.8. The summed E-state index contributed by atoms with van der Waals surface area (Å²) >= 11 is 1.43. The standard InChI is InChI=1S/C12H14FN5S/c1-19-12-16-10(6-11(17-12)18-14)15-7-8-2-4-9(13)5-3-8/h2-6H,7,14H2,1H3,(H2,15,16,17,18). The fourth-order valence-corrected chi connectivity index (χ4v) is 1.86. The van der Waals surface area contributed by atoms with Crippen LogP contribution >= 0.6 is 11.8 Å². The van der Waals surface area contributed by atoms with Crippen LogP contribution in [0.4, 0.5) is 16.0 Å². The number of rotatable bonds is 5. The Bertz CT molecular complexity index is 524. The molecular weight excluding hydrogens is 265 g/mol. The van der Waals surface area contributed by atoms with Crippen molar-refractivity contribution in [3.8, 4) is 0 Å². The lowest BCUT2D eigenvalue weighted by atomic mass is 10.2. The summed E-state index contributed by atoms with van der Waals surface area (Å²) in [4.78, 5) is 8.47. The minimum atomic E-state index is -0.245. The largest absolute Gasteiger partial charge is 0.366 e. The molecule has 1 aromatic carbocycles. The van der Waals surface area contributed by atoms with Crippen LogP contribution in [0.3, 0.4) is 0 Å². The molecule has 0 aliphatic carbocycles. The van der Waals surface area contributed by atoms with Gasteiger partial charge in [-0.2, -0.15) is 0 Å². The van der Waals surface area contributed by atoms with E-state index < -0.39 is 0 Å². The third-order valence-corrected chi connectivity index (χ3v) is 2.97. The fourth-order valence-electron chi connectivity index (χ4n) is 1.48. The van der Waals surface area contributed by atoms with Gasteiger partial charge in [-0.25, -0.2) is 20.2 Å². The van der Waals surface area contributed by atoms with Crippen LogP contribution in [0.25, 0.3) is 0 Å². The molecule has 0 aliphatic heterocycles. The van der Waals surface area contributed by atoms with Crippen molar-refractivity contribution in [1.29, 1.82) is 0 Å². The Morgan fingerprint density at radius 2 is 1.89 bits per heavy atom. The van der Waals surface area contributed by atoms with Crippen molar-refractivity contribution in [3.63, 3.8) is 0 Å². The van der Waals surface area contributed by atoms with E-state index in [1.807, 2.05) is 6.26 Å². The lowest BCUT2D eigenvalue weighted by Gasteiger charge is -2.08. The monoisotopic (exact) mass is 279 g/mol. The predicted molar refractivity (Wildman–Crippen MR) is 75.3 cm³/mol. The third kappa shape index (κ3) is 3.80. The quantitative estimate of drug-likeness (QED) is 0.337. The molecule has 0 radical (unpaired) electrons. The van der Waals surface area contributed by atoms with Crippen LogP contribution in [0.1, 0.15) is 5.56 Å². The molecule has 0 atom stereocenters. The van der Waals surface area contributed by atoms with Gasteiger partial charge in [-0.1, -0.05) is 23.9 Å². The molecule has 0 saturated carbocycles. The Morgan fingerprint density at radius 1 is 1.21 bits per heavy atom. The highest BCUT2D eigenvalue weighted by atomic mass is 32.2. The van der Waals surface area contributed by atoms with Crippen LogP contribution in [-0.4, -0.2) is 16.2 Å². The van der Waals surface area contributed by atoms with E-state index in [4.69, 9.17) is 5.84 Å². The molecule has 0 bridgehead atoms. The van der Waals surface area contributed by atoms with E-state index in [2.05, 4.69) is 20.7 Å². The number of nitrogens with one attached hydrogen (secondary N) is 2. The average Bonchev–Trinajstić information content (AvgIpc) is 2.46. The number of nitrogens with zero attached hydrogens (tertiary/aromatic N) is 2. The zero-order valence-corrected chi connectivity index (χ0v) is 11.2. The molecule has 4 N–H and O–H groups in total. The van der Waals surface area contributed by atoms with Gasteiger partial charge < -0.3 is 10.7 Å². The van der Waals surface area contributed by atoms with Crippen LogP contribution in [0, 0.1) is 5.82 Å². The molecule has 0 spiro atoms. The van der Waals surface area contributed by atoms with Crippen LogP contribution < -0.4 is 16.6 Å². The highest BCUT2D eigenvalue weighted by molar-refractivity contribution is 7.98. The number of hydrogen-bond acceptors (Lipinski definition) is 6. The molecule has 0 amide bonds. The topological polar surface area (TPSA) is 75.9 Å². The second kappa shape index (κ2) is 6.35. The second-order valence-corrected chi connectivity index (χ2v) is 4.52. The summed E-state index contributed by atoms with van der Waals surface area (Å²) in [5, 5.41) is 3.77. The highest BCUT2D eigenvalue weighted by Crippen LogP contribution is 2.17. The third-order valence-electron chi connectivity index (χ3n) is 2.42. The summed E-state index contributed by atoms with van der Waals surface area (Å²) in [7, 11) is 0. The second-order valence-electron chi connectivity index (χ2n) is 3.75. The smallest absolute Gasteiger partial charge is 0.191 e. The van der Waals surface area contributed by atoms with E-state index in [0.29, 0.717) is 23.3 Å². The number of aromatic nitrogens is 2. The first kappa shape index (κ1) is 13.6. The van der Waals surface area contributed by atoms with Crippen LogP contribution in [-0.2, 0) is 6.54 Å². The van der Waals surface area contributed by atoms with Crippen molar-refractivity contribution in [2.45, 2.75) is 11.7 Å². The van der Waals surface area contributed by atoms with E-state index in [1.165, 1.54) is 23.9 Å². The molecule has 100 valence electrons. The zero-order valence-electron chi connectivity index (χ0n) is 10.4. The molecular formula is C12H14FN5S. The summed E-state index contributed by atoms with van der Waals surface area (Å²) in [6, 6.07) is 8.01. The summed E-state index contributed by atoms with van der Waals surface area (Å²) in [5.74, 6) is 6.31. The number of hydrogen-bond donors (Lipinski definition) is 3. The zero-order chi connectivity index (χ0) is 13.7. The number of nitrogen functional groups attached to an aromatic ring is 1. The van der Waals surface area contributed by atoms with Gasteiger partial charge in [-0.3, -0.25) is 0 Å². The molecule has 0 fully saturated rings. The van der Waals surface area contributed by atoms with Gasteiger partial charge in [0, 0.05) is 12.6 Å². The maximum absolute atomic E-state index is 12.8. The first-order valence-electron chi connectivity index (χ1n) is 5.59. The lowest BCUT2D eigenvalue weighted by Crippen LogP contribution is -2.11. The Labute approximate surface area is 114 Å². The number of halogens is 1. The molecule has 0 aliphatic rings. The first-order chi connectivity index (χ1) is 9.21. The van der Waals surface area contributed by atoms with Gasteiger partial charge in [0.05, 0.1) is 0 Å². The lowest BCUT2D eigenvalue weighted by molar-refractivity contribution is 0.627. The summed E-state index contributed by atoms with van der Waals surface area (Å²) in [6.45, 7) is 0.551. The summed E-state index contributed by atoms with van der Waals surface area (Å²) in [5.41, 5.74) is 3.46. The van der Waals surface area contributed by atoms with Gasteiger partial charge in [0.25, 0.3) is 0 Å². The van der Waals surface area contributed by atoms with Crippen molar-refractivity contribution in [3.05, 3.63) is 41.7 Å². The Morgan fingerprint density at radius 3 is 2.53 bits per heavy atom. The van der Waals surface area contributed by atoms with E-state index in [0.717, 1.165) is 5.56 Å². The van der Waals surface area contributed by atoms with Gasteiger partial charge in [0.15, 0.2) is 5.16 Å². The molecule has 1 heterocycles. The van der Waals surface area contributed by atoms with Gasteiger partial charge in [-0.05, 0) is 24.0 Å². The SMILES string of the molecule is CSc1nc(NN)cc(NCc2ccc(F)cc2)n1. The molecule has 19 heavy (non-hydrogen) atoms. The van der Waals surface area contributed by atoms with Crippen LogP contribution in [0.15, 0.2) is 35.5 Å². The van der Waals surface area contributed by atoms with Gasteiger partial charge in [-0.15, -0.1) is 0 Å². The van der Waals surface area contributed by atoms with Gasteiger partial charge in [0.2, 0.25) is 0 Å². The van der Waals surface area contributed by atoms with Crippen LogP contribution in [0.2, 0.25) is 0 Å². The van der Waals surface area contributed by atoms with Crippen molar-refractivity contribution < 1.29 is 4.39 Å². The molecule has 0 saturated heterocycles. The fraction of sp³-hybridized carbons (Fsp3) is 0.167. The number of thioether (sulfide) groups is 1. The normalized spacial score (nSPS) is 10.3. The maximum atomic E-state index is 12.8. The molecule has 1 aromatic heterocycles. The van der Waals surface area contributed by atoms with Crippen molar-refractivity contribution in [2.24, 2.45) is 5.84 Å². The molecule has 2 rings (SSSR count). The molecule has 7 heteroatoms. The van der Waals surface area contributed by atoms with Crippen molar-refractivity contribution >= 4 is 23.4 Å². The Kier molecular flexibility index (Phi) is 4.53. The first-order valence-corrected chi connectivity index (χ1v) is 6.82. The number of nitrogens with two attached hydrogens (primary N) is 1. The number of anilines is 2. The van der Waals surface area contributed by atoms with Gasteiger partial charge in [0.1, 0.15) is 17.5 Å². The van der Waals surface area contributed by atoms with Crippen LogP contribution in [0.5, 0.6) is 0 Å². The number of benzene rings is 1. The molecule has 5 nitrogen and oxygen atoms in total. The predicted octanol–water partition coefficient (Wildman–Crippen LogP) is 2.24. The van der Waals surface area contributed by atoms with Crippen molar-refractivity contribution in [2.75, 3.05) is 17.0 Å². The average molecular weight is 279 g/mol. The van der Waals surface area contributed by atoms with E-state index in [-0.39, 0.29) is 5.82 Å². The van der Waals surface area contributed by atoms with Gasteiger partial charge >= 0.3 is 0 Å². The Balaban J connectivity index is 2.08. The van der Waals surface area contributed by atoms with E-state index >= 15 is 0 Å². The van der Waals surface area contributed by atoms with E-state index in [9.17, 15) is 4.39 Å². The molecule has 0 unspecified atom stereocenters. The highest BCUT2D eigenvalue weighted by Gasteiger charge is 2.03. The molecule has 2 aromatic rings. The van der Waals surface area contributed by atoms with Crippen molar-refractivity contribution in [1.82, 2.24) is 9.97 Å².